The molecule has 0 saturated heterocycles. The fraction of sp³-hybridized carbons (Fsp3) is 0.538. The van der Waals surface area contributed by atoms with Gasteiger partial charge in [-0.25, -0.2) is 4.89 Å². The van der Waals surface area contributed by atoms with Gasteiger partial charge in [-0.05, 0) is 30.4 Å². The quantitative estimate of drug-likeness (QED) is 0.589. The van der Waals surface area contributed by atoms with Gasteiger partial charge in [0.25, 0.3) is 0 Å². The molecule has 0 aliphatic rings. The second-order valence-corrected chi connectivity index (χ2v) is 3.84. The Labute approximate surface area is 91.8 Å². The van der Waals surface area contributed by atoms with E-state index in [-0.39, 0.29) is 0 Å². The summed E-state index contributed by atoms with van der Waals surface area (Å²) in [4.78, 5) is 4.70. The SMILES string of the molecule is CCc1ccc(C(CC)(CC)OO)cc1. The fourth-order valence-electron chi connectivity index (χ4n) is 1.88. The van der Waals surface area contributed by atoms with Gasteiger partial charge in [-0.1, -0.05) is 45.0 Å². The molecule has 15 heavy (non-hydrogen) atoms. The van der Waals surface area contributed by atoms with Crippen molar-refractivity contribution in [1.82, 2.24) is 0 Å². The minimum Gasteiger partial charge on any atom is -0.251 e. The van der Waals surface area contributed by atoms with E-state index in [0.717, 1.165) is 24.8 Å². The van der Waals surface area contributed by atoms with Crippen LogP contribution >= 0.6 is 0 Å². The van der Waals surface area contributed by atoms with Crippen LogP contribution in [0.1, 0.15) is 44.7 Å². The molecule has 1 aromatic carbocycles. The summed E-state index contributed by atoms with van der Waals surface area (Å²) in [5.41, 5.74) is 1.82. The lowest BCUT2D eigenvalue weighted by Crippen LogP contribution is -2.26. The van der Waals surface area contributed by atoms with Gasteiger partial charge in [0.1, 0.15) is 5.60 Å². The normalized spacial score (nSPS) is 11.7. The van der Waals surface area contributed by atoms with Crippen molar-refractivity contribution in [2.24, 2.45) is 0 Å². The van der Waals surface area contributed by atoms with Gasteiger partial charge in [-0.15, -0.1) is 0 Å². The molecule has 2 nitrogen and oxygen atoms in total. The van der Waals surface area contributed by atoms with E-state index in [4.69, 9.17) is 10.1 Å². The number of hydrogen-bond acceptors (Lipinski definition) is 2. The molecule has 0 atom stereocenters. The molecular weight excluding hydrogens is 188 g/mol. The minimum absolute atomic E-state index is 0.535. The molecule has 0 fully saturated rings. The summed E-state index contributed by atoms with van der Waals surface area (Å²) in [6.07, 6.45) is 2.57. The van der Waals surface area contributed by atoms with Gasteiger partial charge in [-0.2, -0.15) is 0 Å². The summed E-state index contributed by atoms with van der Waals surface area (Å²) < 4.78 is 0. The van der Waals surface area contributed by atoms with Crippen molar-refractivity contribution in [2.75, 3.05) is 0 Å². The van der Waals surface area contributed by atoms with Gasteiger partial charge in [0.15, 0.2) is 0 Å². The average molecular weight is 208 g/mol. The molecule has 0 aliphatic heterocycles. The lowest BCUT2D eigenvalue weighted by Gasteiger charge is -2.28. The molecule has 1 N–H and O–H groups in total. The average Bonchev–Trinajstić information content (AvgIpc) is 2.33. The molecule has 2 heteroatoms. The fourth-order valence-corrected chi connectivity index (χ4v) is 1.88. The van der Waals surface area contributed by atoms with Crippen LogP contribution in [0.5, 0.6) is 0 Å². The Morgan fingerprint density at radius 1 is 1.07 bits per heavy atom. The van der Waals surface area contributed by atoms with Crippen molar-refractivity contribution >= 4 is 0 Å². The van der Waals surface area contributed by atoms with Gasteiger partial charge in [0, 0.05) is 0 Å². The van der Waals surface area contributed by atoms with Crippen molar-refractivity contribution in [2.45, 2.75) is 45.6 Å². The molecule has 0 bridgehead atoms. The highest BCUT2D eigenvalue weighted by atomic mass is 17.1. The highest BCUT2D eigenvalue weighted by Gasteiger charge is 2.29. The van der Waals surface area contributed by atoms with E-state index in [1.165, 1.54) is 5.56 Å². The summed E-state index contributed by atoms with van der Waals surface area (Å²) in [6.45, 7) is 6.17. The molecule has 0 unspecified atom stereocenters. The van der Waals surface area contributed by atoms with Crippen molar-refractivity contribution in [3.05, 3.63) is 35.4 Å². The predicted octanol–water partition coefficient (Wildman–Crippen LogP) is 3.75. The molecule has 84 valence electrons. The van der Waals surface area contributed by atoms with Crippen molar-refractivity contribution in [3.8, 4) is 0 Å². The standard InChI is InChI=1S/C13H20O2/c1-4-11-7-9-12(10-8-11)13(5-2,6-3)15-14/h7-10,14H,4-6H2,1-3H3. The van der Waals surface area contributed by atoms with Crippen LogP contribution in [0.15, 0.2) is 24.3 Å². The smallest absolute Gasteiger partial charge is 0.128 e. The third-order valence-electron chi connectivity index (χ3n) is 3.21. The van der Waals surface area contributed by atoms with Crippen molar-refractivity contribution in [3.63, 3.8) is 0 Å². The van der Waals surface area contributed by atoms with Crippen LogP contribution in [0.2, 0.25) is 0 Å². The van der Waals surface area contributed by atoms with E-state index in [2.05, 4.69) is 19.1 Å². The molecule has 1 aromatic rings. The second kappa shape index (κ2) is 5.29. The number of aryl methyl sites for hydroxylation is 1. The maximum absolute atomic E-state index is 9.06. The molecule has 0 amide bonds. The molecule has 1 rings (SSSR count). The molecule has 0 aliphatic carbocycles. The zero-order valence-corrected chi connectivity index (χ0v) is 9.79. The highest BCUT2D eigenvalue weighted by molar-refractivity contribution is 5.27. The van der Waals surface area contributed by atoms with Gasteiger partial charge >= 0.3 is 0 Å². The van der Waals surface area contributed by atoms with Gasteiger partial charge in [0.2, 0.25) is 0 Å². The zero-order valence-electron chi connectivity index (χ0n) is 9.79. The van der Waals surface area contributed by atoms with E-state index in [0.29, 0.717) is 0 Å². The summed E-state index contributed by atoms with van der Waals surface area (Å²) in [6, 6.07) is 8.27. The third-order valence-corrected chi connectivity index (χ3v) is 3.21. The van der Waals surface area contributed by atoms with Gasteiger partial charge in [-0.3, -0.25) is 5.26 Å². The molecule has 0 aromatic heterocycles. The Hall–Kier alpha value is -0.860. The monoisotopic (exact) mass is 208 g/mol. The van der Waals surface area contributed by atoms with Gasteiger partial charge in [0.05, 0.1) is 0 Å². The van der Waals surface area contributed by atoms with Crippen LogP contribution in [0.3, 0.4) is 0 Å². The maximum Gasteiger partial charge on any atom is 0.128 e. The van der Waals surface area contributed by atoms with Crippen LogP contribution in [-0.2, 0) is 16.9 Å². The highest BCUT2D eigenvalue weighted by Crippen LogP contribution is 2.32. The predicted molar refractivity (Wildman–Crippen MR) is 61.8 cm³/mol. The topological polar surface area (TPSA) is 29.5 Å². The minimum atomic E-state index is -0.535. The molecular formula is C13H20O2. The molecule has 0 saturated carbocycles. The Morgan fingerprint density at radius 3 is 1.93 bits per heavy atom. The number of hydrogen-bond donors (Lipinski definition) is 1. The van der Waals surface area contributed by atoms with E-state index in [9.17, 15) is 0 Å². The first-order valence-corrected chi connectivity index (χ1v) is 5.64. The largest absolute Gasteiger partial charge is 0.251 e. The Balaban J connectivity index is 3.01. The zero-order chi connectivity index (χ0) is 11.3. The summed E-state index contributed by atoms with van der Waals surface area (Å²) >= 11 is 0. The van der Waals surface area contributed by atoms with Crippen LogP contribution in [-0.4, -0.2) is 5.26 Å². The first-order chi connectivity index (χ1) is 7.22. The first kappa shape index (κ1) is 12.2. The second-order valence-electron chi connectivity index (χ2n) is 3.84. The summed E-state index contributed by atoms with van der Waals surface area (Å²) in [5.74, 6) is 0. The van der Waals surface area contributed by atoms with E-state index in [1.807, 2.05) is 26.0 Å². The molecule has 0 spiro atoms. The van der Waals surface area contributed by atoms with Gasteiger partial charge < -0.3 is 0 Å². The van der Waals surface area contributed by atoms with Crippen molar-refractivity contribution < 1.29 is 10.1 Å². The van der Waals surface area contributed by atoms with Crippen LogP contribution < -0.4 is 0 Å². The van der Waals surface area contributed by atoms with E-state index >= 15 is 0 Å². The Morgan fingerprint density at radius 2 is 1.60 bits per heavy atom. The number of rotatable bonds is 5. The van der Waals surface area contributed by atoms with Crippen LogP contribution in [0, 0.1) is 0 Å². The van der Waals surface area contributed by atoms with Crippen LogP contribution in [0.25, 0.3) is 0 Å². The first-order valence-electron chi connectivity index (χ1n) is 5.64. The Bertz CT molecular complexity index is 278. The van der Waals surface area contributed by atoms with E-state index in [1.54, 1.807) is 0 Å². The lowest BCUT2D eigenvalue weighted by molar-refractivity contribution is -0.331. The summed E-state index contributed by atoms with van der Waals surface area (Å²) in [7, 11) is 0. The van der Waals surface area contributed by atoms with Crippen LogP contribution in [0.4, 0.5) is 0 Å². The summed E-state index contributed by atoms with van der Waals surface area (Å²) in [5, 5.41) is 9.06. The Kier molecular flexibility index (Phi) is 4.30. The maximum atomic E-state index is 9.06. The lowest BCUT2D eigenvalue weighted by atomic mass is 9.88. The molecule has 0 heterocycles. The molecule has 0 radical (unpaired) electrons. The number of benzene rings is 1. The van der Waals surface area contributed by atoms with E-state index < -0.39 is 5.60 Å². The van der Waals surface area contributed by atoms with Crippen molar-refractivity contribution in [1.29, 1.82) is 0 Å². The third kappa shape index (κ3) is 2.39.